The van der Waals surface area contributed by atoms with E-state index in [4.69, 9.17) is 9.47 Å². The molecule has 210 valence electrons. The molecule has 5 aromatic rings. The van der Waals surface area contributed by atoms with Gasteiger partial charge in [0.25, 0.3) is 11.8 Å². The molecule has 0 atom stereocenters. The molecule has 0 saturated carbocycles. The Morgan fingerprint density at radius 3 is 2.76 bits per heavy atom. The summed E-state index contributed by atoms with van der Waals surface area (Å²) in [6.07, 6.45) is 5.73. The van der Waals surface area contributed by atoms with Crippen LogP contribution in [0.2, 0.25) is 0 Å². The van der Waals surface area contributed by atoms with Crippen molar-refractivity contribution in [1.29, 1.82) is 0 Å². The quantitative estimate of drug-likeness (QED) is 0.322. The molecular formula is C32H28N6O4. The molecule has 2 amide bonds. The summed E-state index contributed by atoms with van der Waals surface area (Å²) < 4.78 is 13.1. The van der Waals surface area contributed by atoms with Crippen LogP contribution in [0.4, 0.5) is 0 Å². The number of fused-ring (bicyclic) bond motifs is 7. The summed E-state index contributed by atoms with van der Waals surface area (Å²) in [5.74, 6) is 1.70. The van der Waals surface area contributed by atoms with Crippen molar-refractivity contribution in [3.8, 4) is 39.8 Å². The van der Waals surface area contributed by atoms with Crippen LogP contribution in [0.5, 0.6) is 11.5 Å². The average molecular weight is 561 g/mol. The summed E-state index contributed by atoms with van der Waals surface area (Å²) in [6, 6.07) is 22.7. The Kier molecular flexibility index (Phi) is 7.58. The van der Waals surface area contributed by atoms with Gasteiger partial charge in [0.1, 0.15) is 11.6 Å². The average Bonchev–Trinajstić information content (AvgIpc) is 3.53. The minimum atomic E-state index is -0.298. The lowest BCUT2D eigenvalue weighted by Gasteiger charge is -2.14. The van der Waals surface area contributed by atoms with E-state index in [-0.39, 0.29) is 25.0 Å². The molecule has 1 aliphatic rings. The monoisotopic (exact) mass is 560 g/mol. The second kappa shape index (κ2) is 11.9. The van der Waals surface area contributed by atoms with Crippen molar-refractivity contribution < 1.29 is 19.1 Å². The molecule has 0 aliphatic carbocycles. The Labute approximate surface area is 242 Å². The highest BCUT2D eigenvalue weighted by molar-refractivity contribution is 5.95. The summed E-state index contributed by atoms with van der Waals surface area (Å²) in [6.45, 7) is 0.389. The molecule has 6 rings (SSSR count). The standard InChI is InChI=1S/C32H28N6O4/c1-41-27-8-7-23-18-28(27)42-20-30(39)36-19-21-15-24(17-25(16-21)38-14-13-34-31(23)38)32(40)35-12-10-29-33-11-9-26(37-29)22-5-3-2-4-6-22/h2-9,11,13-18H,10,12,19-20H2,1H3,(H,35,40)(H,36,39). The molecule has 0 unspecified atom stereocenters. The summed E-state index contributed by atoms with van der Waals surface area (Å²) in [5.41, 5.74) is 4.56. The molecule has 10 heteroatoms. The normalized spacial score (nSPS) is 12.5. The lowest BCUT2D eigenvalue weighted by Crippen LogP contribution is -2.29. The number of carbonyl (C=O) groups excluding carboxylic acids is 2. The first-order chi connectivity index (χ1) is 20.6. The maximum atomic E-state index is 13.3. The zero-order valence-corrected chi connectivity index (χ0v) is 22.9. The van der Waals surface area contributed by atoms with Crippen molar-refractivity contribution in [2.24, 2.45) is 0 Å². The molecule has 0 radical (unpaired) electrons. The number of benzene rings is 3. The van der Waals surface area contributed by atoms with Crippen molar-refractivity contribution >= 4 is 11.8 Å². The van der Waals surface area contributed by atoms with Crippen LogP contribution in [-0.4, -0.2) is 51.6 Å². The highest BCUT2D eigenvalue weighted by Gasteiger charge is 2.17. The maximum absolute atomic E-state index is 13.3. The molecule has 0 fully saturated rings. The Morgan fingerprint density at radius 1 is 1.02 bits per heavy atom. The number of hydrogen-bond donors (Lipinski definition) is 2. The van der Waals surface area contributed by atoms with Gasteiger partial charge < -0.3 is 20.1 Å². The van der Waals surface area contributed by atoms with Gasteiger partial charge in [-0.25, -0.2) is 15.0 Å². The highest BCUT2D eigenvalue weighted by Crippen LogP contribution is 2.33. The van der Waals surface area contributed by atoms with E-state index >= 15 is 0 Å². The first-order valence-corrected chi connectivity index (χ1v) is 13.5. The zero-order valence-electron chi connectivity index (χ0n) is 22.9. The van der Waals surface area contributed by atoms with Crippen LogP contribution in [0.1, 0.15) is 21.7 Å². The van der Waals surface area contributed by atoms with Gasteiger partial charge in [0.15, 0.2) is 18.1 Å². The summed E-state index contributed by atoms with van der Waals surface area (Å²) in [4.78, 5) is 39.5. The number of amides is 2. The molecule has 42 heavy (non-hydrogen) atoms. The van der Waals surface area contributed by atoms with E-state index < -0.39 is 0 Å². The minimum absolute atomic E-state index is 0.186. The molecule has 1 aliphatic heterocycles. The number of methoxy groups -OCH3 is 1. The Balaban J connectivity index is 1.25. The molecule has 2 N–H and O–H groups in total. The third-order valence-electron chi connectivity index (χ3n) is 6.84. The van der Waals surface area contributed by atoms with Crippen molar-refractivity contribution in [1.82, 2.24) is 30.2 Å². The molecule has 10 nitrogen and oxygen atoms in total. The van der Waals surface area contributed by atoms with Gasteiger partial charge in [0.05, 0.1) is 12.8 Å². The predicted molar refractivity (Wildman–Crippen MR) is 156 cm³/mol. The van der Waals surface area contributed by atoms with Crippen LogP contribution in [0, 0.1) is 0 Å². The first kappa shape index (κ1) is 26.7. The third-order valence-corrected chi connectivity index (χ3v) is 6.84. The van der Waals surface area contributed by atoms with Gasteiger partial charge in [0.2, 0.25) is 0 Å². The Morgan fingerprint density at radius 2 is 1.90 bits per heavy atom. The second-order valence-electron chi connectivity index (χ2n) is 9.67. The lowest BCUT2D eigenvalue weighted by molar-refractivity contribution is -0.123. The van der Waals surface area contributed by atoms with Crippen LogP contribution in [-0.2, 0) is 17.8 Å². The van der Waals surface area contributed by atoms with Crippen molar-refractivity contribution in [2.45, 2.75) is 13.0 Å². The molecule has 2 aromatic heterocycles. The van der Waals surface area contributed by atoms with Gasteiger partial charge in [0, 0.05) is 60.5 Å². The van der Waals surface area contributed by atoms with Gasteiger partial charge in [-0.2, -0.15) is 0 Å². The fourth-order valence-electron chi connectivity index (χ4n) is 4.77. The number of nitrogens with zero attached hydrogens (tertiary/aromatic N) is 4. The number of imidazole rings is 1. The number of nitrogens with one attached hydrogen (secondary N) is 2. The molecule has 0 saturated heterocycles. The smallest absolute Gasteiger partial charge is 0.258 e. The van der Waals surface area contributed by atoms with Crippen molar-refractivity contribution in [2.75, 3.05) is 20.3 Å². The predicted octanol–water partition coefficient (Wildman–Crippen LogP) is 3.99. The van der Waals surface area contributed by atoms with Crippen molar-refractivity contribution in [3.05, 3.63) is 108 Å². The van der Waals surface area contributed by atoms with E-state index in [1.54, 1.807) is 43.8 Å². The van der Waals surface area contributed by atoms with Crippen LogP contribution in [0.3, 0.4) is 0 Å². The van der Waals surface area contributed by atoms with Gasteiger partial charge in [-0.1, -0.05) is 30.3 Å². The number of rotatable bonds is 6. The third kappa shape index (κ3) is 5.83. The molecule has 3 aromatic carbocycles. The van der Waals surface area contributed by atoms with Crippen LogP contribution < -0.4 is 20.1 Å². The fourth-order valence-corrected chi connectivity index (χ4v) is 4.77. The number of hydrogen-bond acceptors (Lipinski definition) is 7. The number of carbonyl (C=O) groups is 2. The van der Waals surface area contributed by atoms with Gasteiger partial charge in [-0.15, -0.1) is 0 Å². The number of ether oxygens (including phenoxy) is 2. The van der Waals surface area contributed by atoms with E-state index in [1.807, 2.05) is 59.3 Å². The summed E-state index contributed by atoms with van der Waals surface area (Å²) >= 11 is 0. The van der Waals surface area contributed by atoms with Crippen LogP contribution >= 0.6 is 0 Å². The SMILES string of the molecule is COc1ccc2cc1OCC(=O)NCc1cc(C(=O)NCCc3nccc(-c4ccccc4)n3)cc(c1)-n1ccnc1-2. The van der Waals surface area contributed by atoms with Crippen LogP contribution in [0.15, 0.2) is 91.4 Å². The lowest BCUT2D eigenvalue weighted by atomic mass is 10.1. The molecule has 3 heterocycles. The van der Waals surface area contributed by atoms with Crippen LogP contribution in [0.25, 0.3) is 28.3 Å². The maximum Gasteiger partial charge on any atom is 0.258 e. The zero-order chi connectivity index (χ0) is 28.9. The largest absolute Gasteiger partial charge is 0.493 e. The topological polar surface area (TPSA) is 120 Å². The van der Waals surface area contributed by atoms with E-state index in [9.17, 15) is 9.59 Å². The molecule has 0 spiro atoms. The van der Waals surface area contributed by atoms with Gasteiger partial charge in [-0.3, -0.25) is 14.2 Å². The summed E-state index contributed by atoms with van der Waals surface area (Å²) in [5, 5.41) is 5.85. The van der Waals surface area contributed by atoms with E-state index in [2.05, 4.69) is 25.6 Å². The Hall–Kier alpha value is -5.51. The fraction of sp³-hybridized carbons (Fsp3) is 0.156. The highest BCUT2D eigenvalue weighted by atomic mass is 16.5. The van der Waals surface area contributed by atoms with E-state index in [1.165, 1.54) is 0 Å². The molecular weight excluding hydrogens is 532 g/mol. The minimum Gasteiger partial charge on any atom is -0.493 e. The Bertz CT molecular complexity index is 1750. The molecule has 4 bridgehead atoms. The first-order valence-electron chi connectivity index (χ1n) is 13.5. The van der Waals surface area contributed by atoms with E-state index in [0.717, 1.165) is 28.1 Å². The summed E-state index contributed by atoms with van der Waals surface area (Å²) in [7, 11) is 1.55. The van der Waals surface area contributed by atoms with Gasteiger partial charge >= 0.3 is 0 Å². The number of aromatic nitrogens is 4. The van der Waals surface area contributed by atoms with E-state index in [0.29, 0.717) is 41.7 Å². The second-order valence-corrected chi connectivity index (χ2v) is 9.67. The van der Waals surface area contributed by atoms with Crippen molar-refractivity contribution in [3.63, 3.8) is 0 Å². The van der Waals surface area contributed by atoms with Gasteiger partial charge in [-0.05, 0) is 48.0 Å².